The van der Waals surface area contributed by atoms with Gasteiger partial charge in [-0.05, 0) is 11.1 Å². The molecular weight excluding hydrogens is 303 g/mol. The third kappa shape index (κ3) is 2.42. The highest BCUT2D eigenvalue weighted by Crippen LogP contribution is 2.57. The van der Waals surface area contributed by atoms with E-state index < -0.39 is 18.7 Å². The molecule has 0 aliphatic carbocycles. The van der Waals surface area contributed by atoms with Crippen LogP contribution in [-0.4, -0.2) is 23.8 Å². The number of hydrogen-bond acceptors (Lipinski definition) is 5. The Labute approximate surface area is 128 Å². The van der Waals surface area contributed by atoms with Crippen LogP contribution in [0.2, 0.25) is 0 Å². The fraction of sp³-hybridized carbons (Fsp3) is 0.188. The third-order valence-corrected chi connectivity index (χ3v) is 5.41. The monoisotopic (exact) mass is 318 g/mol. The van der Waals surface area contributed by atoms with Crippen LogP contribution in [0.4, 0.5) is 0 Å². The van der Waals surface area contributed by atoms with Crippen molar-refractivity contribution in [1.82, 2.24) is 0 Å². The summed E-state index contributed by atoms with van der Waals surface area (Å²) in [7, 11) is -4.00. The molecule has 0 radical (unpaired) electrons. The number of hydrogen-bond donors (Lipinski definition) is 1. The summed E-state index contributed by atoms with van der Waals surface area (Å²) in [5.41, 5.74) is -2.40. The highest BCUT2D eigenvalue weighted by atomic mass is 31.2. The summed E-state index contributed by atoms with van der Waals surface area (Å²) in [6.07, 6.45) is 0. The van der Waals surface area contributed by atoms with Gasteiger partial charge in [-0.3, -0.25) is 9.36 Å². The molecule has 3 rings (SSSR count). The van der Waals surface area contributed by atoms with E-state index in [0.29, 0.717) is 11.1 Å². The van der Waals surface area contributed by atoms with Crippen molar-refractivity contribution in [2.75, 3.05) is 13.2 Å². The Balaban J connectivity index is 2.16. The molecule has 1 aliphatic rings. The standard InChI is InChI=1S/C16H15O5P/c17-15(22(19)20-11-12-21-22)16(18,13-7-3-1-4-8-13)14-9-5-2-6-10-14/h1-10,18H,11-12H2. The van der Waals surface area contributed by atoms with Gasteiger partial charge in [0.05, 0.1) is 13.2 Å². The van der Waals surface area contributed by atoms with Crippen molar-refractivity contribution in [2.24, 2.45) is 0 Å². The number of carbonyl (C=O) groups excluding carboxylic acids is 1. The predicted molar refractivity (Wildman–Crippen MR) is 80.4 cm³/mol. The Morgan fingerprint density at radius 3 is 1.73 bits per heavy atom. The van der Waals surface area contributed by atoms with Crippen molar-refractivity contribution in [2.45, 2.75) is 5.60 Å². The number of benzene rings is 2. The number of carbonyl (C=O) groups is 1. The van der Waals surface area contributed by atoms with Crippen LogP contribution in [0.15, 0.2) is 60.7 Å². The van der Waals surface area contributed by atoms with Gasteiger partial charge in [0.15, 0.2) is 5.60 Å². The van der Waals surface area contributed by atoms with Crippen LogP contribution in [0.1, 0.15) is 11.1 Å². The van der Waals surface area contributed by atoms with E-state index in [1.807, 2.05) is 0 Å². The molecule has 0 atom stereocenters. The zero-order chi connectivity index (χ0) is 15.6. The molecule has 114 valence electrons. The summed E-state index contributed by atoms with van der Waals surface area (Å²) >= 11 is 0. The van der Waals surface area contributed by atoms with Gasteiger partial charge in [-0.2, -0.15) is 0 Å². The first-order chi connectivity index (χ1) is 10.6. The number of rotatable bonds is 4. The molecule has 1 aliphatic heterocycles. The molecule has 0 bridgehead atoms. The molecule has 0 saturated carbocycles. The van der Waals surface area contributed by atoms with Crippen LogP contribution >= 0.6 is 7.60 Å². The van der Waals surface area contributed by atoms with Gasteiger partial charge in [-0.25, -0.2) is 0 Å². The summed E-state index contributed by atoms with van der Waals surface area (Å²) in [6.45, 7) is 0.144. The lowest BCUT2D eigenvalue weighted by Gasteiger charge is -2.28. The molecule has 6 heteroatoms. The summed E-state index contributed by atoms with van der Waals surface area (Å²) in [6, 6.07) is 16.7. The fourth-order valence-corrected chi connectivity index (χ4v) is 4.03. The molecule has 0 unspecified atom stereocenters. The topological polar surface area (TPSA) is 72.8 Å². The maximum atomic E-state index is 12.8. The Bertz CT molecular complexity index is 664. The second-order valence-corrected chi connectivity index (χ2v) is 6.83. The van der Waals surface area contributed by atoms with Crippen LogP contribution in [0, 0.1) is 0 Å². The molecule has 2 aromatic rings. The van der Waals surface area contributed by atoms with E-state index in [1.54, 1.807) is 60.7 Å². The average molecular weight is 318 g/mol. The van der Waals surface area contributed by atoms with Gasteiger partial charge in [0.25, 0.3) is 5.52 Å². The van der Waals surface area contributed by atoms with Gasteiger partial charge in [0.1, 0.15) is 0 Å². The van der Waals surface area contributed by atoms with Gasteiger partial charge in [0.2, 0.25) is 0 Å². The van der Waals surface area contributed by atoms with Crippen molar-refractivity contribution >= 4 is 13.1 Å². The minimum Gasteiger partial charge on any atom is -0.373 e. The Kier molecular flexibility index (Phi) is 3.98. The molecule has 1 N–H and O–H groups in total. The van der Waals surface area contributed by atoms with Gasteiger partial charge in [-0.15, -0.1) is 0 Å². The summed E-state index contributed by atoms with van der Waals surface area (Å²) in [5.74, 6) is 0. The van der Waals surface area contributed by atoms with E-state index in [0.717, 1.165) is 0 Å². The van der Waals surface area contributed by atoms with Crippen LogP contribution in [-0.2, 0) is 24.0 Å². The highest BCUT2D eigenvalue weighted by Gasteiger charge is 2.53. The zero-order valence-electron chi connectivity index (χ0n) is 11.7. The first-order valence-electron chi connectivity index (χ1n) is 6.85. The van der Waals surface area contributed by atoms with Crippen molar-refractivity contribution in [3.8, 4) is 0 Å². The molecule has 0 aromatic heterocycles. The molecular formula is C16H15O5P. The average Bonchev–Trinajstić information content (AvgIpc) is 3.03. The lowest BCUT2D eigenvalue weighted by Crippen LogP contribution is -2.37. The van der Waals surface area contributed by atoms with Crippen LogP contribution < -0.4 is 0 Å². The van der Waals surface area contributed by atoms with Gasteiger partial charge in [0, 0.05) is 0 Å². The van der Waals surface area contributed by atoms with Crippen LogP contribution in [0.3, 0.4) is 0 Å². The minimum atomic E-state index is -4.00. The highest BCUT2D eigenvalue weighted by molar-refractivity contribution is 7.72. The molecule has 22 heavy (non-hydrogen) atoms. The molecule has 1 heterocycles. The van der Waals surface area contributed by atoms with E-state index >= 15 is 0 Å². The lowest BCUT2D eigenvalue weighted by atomic mass is 9.87. The van der Waals surface area contributed by atoms with E-state index in [4.69, 9.17) is 9.05 Å². The van der Waals surface area contributed by atoms with Gasteiger partial charge < -0.3 is 14.2 Å². The Morgan fingerprint density at radius 2 is 1.32 bits per heavy atom. The largest absolute Gasteiger partial charge is 0.400 e. The maximum Gasteiger partial charge on any atom is 0.400 e. The lowest BCUT2D eigenvalue weighted by molar-refractivity contribution is -0.127. The molecule has 5 nitrogen and oxygen atoms in total. The normalized spacial score (nSPS) is 17.3. The predicted octanol–water partition coefficient (Wildman–Crippen LogP) is 2.69. The van der Waals surface area contributed by atoms with E-state index in [9.17, 15) is 14.5 Å². The Morgan fingerprint density at radius 1 is 0.909 bits per heavy atom. The molecule has 0 spiro atoms. The maximum absolute atomic E-state index is 12.8. The van der Waals surface area contributed by atoms with E-state index in [-0.39, 0.29) is 13.2 Å². The van der Waals surface area contributed by atoms with Crippen molar-refractivity contribution in [3.63, 3.8) is 0 Å². The molecule has 2 aromatic carbocycles. The number of aliphatic hydroxyl groups is 1. The van der Waals surface area contributed by atoms with Gasteiger partial charge >= 0.3 is 7.60 Å². The molecule has 1 fully saturated rings. The summed E-state index contributed by atoms with van der Waals surface area (Å²) < 4.78 is 22.6. The second kappa shape index (κ2) is 5.78. The fourth-order valence-electron chi connectivity index (χ4n) is 2.44. The zero-order valence-corrected chi connectivity index (χ0v) is 12.6. The molecule has 0 amide bonds. The summed E-state index contributed by atoms with van der Waals surface area (Å²) in [5, 5.41) is 11.2. The molecule has 1 saturated heterocycles. The smallest absolute Gasteiger partial charge is 0.373 e. The minimum absolute atomic E-state index is 0.0721. The Hall–Kier alpha value is -1.78. The van der Waals surface area contributed by atoms with Crippen molar-refractivity contribution in [3.05, 3.63) is 71.8 Å². The summed E-state index contributed by atoms with van der Waals surface area (Å²) in [4.78, 5) is 12.8. The second-order valence-electron chi connectivity index (χ2n) is 4.91. The third-order valence-electron chi connectivity index (χ3n) is 3.55. The van der Waals surface area contributed by atoms with Crippen molar-refractivity contribution < 1.29 is 23.5 Å². The van der Waals surface area contributed by atoms with Gasteiger partial charge in [-0.1, -0.05) is 60.7 Å². The van der Waals surface area contributed by atoms with Crippen LogP contribution in [0.25, 0.3) is 0 Å². The SMILES string of the molecule is O=C(C(O)(c1ccccc1)c1ccccc1)P1(=O)OCCO1. The first kappa shape index (κ1) is 15.1. The van der Waals surface area contributed by atoms with E-state index in [2.05, 4.69) is 0 Å². The van der Waals surface area contributed by atoms with Crippen LogP contribution in [0.5, 0.6) is 0 Å². The first-order valence-corrected chi connectivity index (χ1v) is 8.39. The van der Waals surface area contributed by atoms with E-state index in [1.165, 1.54) is 0 Å². The quantitative estimate of drug-likeness (QED) is 0.878. The van der Waals surface area contributed by atoms with Crippen molar-refractivity contribution in [1.29, 1.82) is 0 Å².